The van der Waals surface area contributed by atoms with Crippen molar-refractivity contribution in [2.75, 3.05) is 0 Å². The van der Waals surface area contributed by atoms with E-state index >= 15 is 0 Å². The summed E-state index contributed by atoms with van der Waals surface area (Å²) in [5, 5.41) is 8.63. The zero-order chi connectivity index (χ0) is 18.1. The molecule has 0 atom stereocenters. The molecule has 0 bridgehead atoms. The van der Waals surface area contributed by atoms with Gasteiger partial charge in [-0.1, -0.05) is 29.8 Å². The van der Waals surface area contributed by atoms with Crippen molar-refractivity contribution in [3.8, 4) is 11.5 Å². The van der Waals surface area contributed by atoms with E-state index in [9.17, 15) is 9.18 Å². The molecule has 130 valence electrons. The molecule has 0 amide bonds. The van der Waals surface area contributed by atoms with E-state index in [1.54, 1.807) is 0 Å². The van der Waals surface area contributed by atoms with Gasteiger partial charge in [-0.15, -0.1) is 21.5 Å². The van der Waals surface area contributed by atoms with Gasteiger partial charge in [-0.3, -0.25) is 0 Å². The molecule has 0 aliphatic heterocycles. The van der Waals surface area contributed by atoms with Gasteiger partial charge in [0.1, 0.15) is 10.7 Å². The summed E-state index contributed by atoms with van der Waals surface area (Å²) in [7, 11) is 0. The Balaban J connectivity index is 1.49. The number of nitrogens with zero attached hydrogens (tertiary/aromatic N) is 2. The highest BCUT2D eigenvalue weighted by molar-refractivity contribution is 7.21. The number of thiophene rings is 1. The van der Waals surface area contributed by atoms with Gasteiger partial charge >= 0.3 is 5.97 Å². The van der Waals surface area contributed by atoms with Crippen LogP contribution in [0, 0.1) is 5.82 Å². The minimum absolute atomic E-state index is 0.167. The lowest BCUT2D eigenvalue weighted by Crippen LogP contribution is -2.04. The predicted molar refractivity (Wildman–Crippen MR) is 95.6 cm³/mol. The Morgan fingerprint density at radius 1 is 1.19 bits per heavy atom. The first-order chi connectivity index (χ1) is 12.6. The van der Waals surface area contributed by atoms with Crippen LogP contribution in [0.15, 0.2) is 52.9 Å². The van der Waals surface area contributed by atoms with Crippen molar-refractivity contribution in [1.29, 1.82) is 0 Å². The average molecular weight is 389 g/mol. The summed E-state index contributed by atoms with van der Waals surface area (Å²) in [6.45, 7) is -0.183. The Morgan fingerprint density at radius 3 is 2.81 bits per heavy atom. The summed E-state index contributed by atoms with van der Waals surface area (Å²) in [5.41, 5.74) is 0.771. The van der Waals surface area contributed by atoms with Crippen LogP contribution in [-0.4, -0.2) is 16.2 Å². The molecule has 0 unspecified atom stereocenters. The second-order valence-corrected chi connectivity index (χ2v) is 6.76. The standard InChI is InChI=1S/C18H10ClFN2O3S/c19-15-12-7-6-11(20)8-13(12)26-16(15)18(23)24-9-14-21-22-17(25-14)10-4-2-1-3-5-10/h1-8H,9H2. The second kappa shape index (κ2) is 6.86. The van der Waals surface area contributed by atoms with E-state index in [4.69, 9.17) is 20.8 Å². The van der Waals surface area contributed by atoms with E-state index in [1.807, 2.05) is 30.3 Å². The van der Waals surface area contributed by atoms with E-state index < -0.39 is 11.8 Å². The number of fused-ring (bicyclic) bond motifs is 1. The van der Waals surface area contributed by atoms with Gasteiger partial charge in [-0.25, -0.2) is 9.18 Å². The van der Waals surface area contributed by atoms with Crippen LogP contribution in [0.25, 0.3) is 21.5 Å². The molecule has 4 aromatic rings. The molecule has 0 aliphatic carbocycles. The highest BCUT2D eigenvalue weighted by atomic mass is 35.5. The Morgan fingerprint density at radius 2 is 2.00 bits per heavy atom. The Kier molecular flexibility index (Phi) is 4.40. The summed E-state index contributed by atoms with van der Waals surface area (Å²) in [4.78, 5) is 12.5. The van der Waals surface area contributed by atoms with Crippen molar-refractivity contribution in [3.63, 3.8) is 0 Å². The van der Waals surface area contributed by atoms with Crippen LogP contribution in [0.3, 0.4) is 0 Å². The molecular weight excluding hydrogens is 379 g/mol. The van der Waals surface area contributed by atoms with Crippen LogP contribution in [0.4, 0.5) is 4.39 Å². The number of carbonyl (C=O) groups excluding carboxylic acids is 1. The molecule has 4 rings (SSSR count). The van der Waals surface area contributed by atoms with Crippen LogP contribution in [0.1, 0.15) is 15.6 Å². The fourth-order valence-electron chi connectivity index (χ4n) is 2.37. The van der Waals surface area contributed by atoms with Crippen molar-refractivity contribution in [2.45, 2.75) is 6.61 Å². The number of rotatable bonds is 4. The van der Waals surface area contributed by atoms with Crippen LogP contribution in [0.5, 0.6) is 0 Å². The first-order valence-electron chi connectivity index (χ1n) is 7.54. The second-order valence-electron chi connectivity index (χ2n) is 5.33. The average Bonchev–Trinajstić information content (AvgIpc) is 3.25. The molecule has 2 aromatic heterocycles. The van der Waals surface area contributed by atoms with Gasteiger partial charge < -0.3 is 9.15 Å². The van der Waals surface area contributed by atoms with Gasteiger partial charge in [0.2, 0.25) is 5.89 Å². The summed E-state index contributed by atoms with van der Waals surface area (Å²) >= 11 is 7.28. The molecule has 0 saturated heterocycles. The molecular formula is C18H10ClFN2O3S. The normalized spacial score (nSPS) is 11.0. The fraction of sp³-hybridized carbons (Fsp3) is 0.0556. The quantitative estimate of drug-likeness (QED) is 0.455. The van der Waals surface area contributed by atoms with Gasteiger partial charge in [0.05, 0.1) is 5.02 Å². The monoisotopic (exact) mass is 388 g/mol. The Hall–Kier alpha value is -2.77. The third kappa shape index (κ3) is 3.18. The Bertz CT molecular complexity index is 1090. The molecule has 0 saturated carbocycles. The molecule has 0 aliphatic rings. The van der Waals surface area contributed by atoms with Crippen LogP contribution in [-0.2, 0) is 11.3 Å². The zero-order valence-electron chi connectivity index (χ0n) is 13.1. The third-order valence-corrected chi connectivity index (χ3v) is 5.23. The van der Waals surface area contributed by atoms with Gasteiger partial charge in [0.25, 0.3) is 5.89 Å². The highest BCUT2D eigenvalue weighted by Crippen LogP contribution is 2.36. The molecule has 8 heteroatoms. The SMILES string of the molecule is O=C(OCc1nnc(-c2ccccc2)o1)c1sc2cc(F)ccc2c1Cl. The third-order valence-electron chi connectivity index (χ3n) is 3.59. The number of benzene rings is 2. The van der Waals surface area contributed by atoms with Gasteiger partial charge in [0.15, 0.2) is 6.61 Å². The smallest absolute Gasteiger partial charge is 0.350 e. The topological polar surface area (TPSA) is 65.2 Å². The maximum Gasteiger partial charge on any atom is 0.350 e. The van der Waals surface area contributed by atoms with Gasteiger partial charge in [0, 0.05) is 15.6 Å². The van der Waals surface area contributed by atoms with E-state index in [1.165, 1.54) is 18.2 Å². The first kappa shape index (κ1) is 16.7. The highest BCUT2D eigenvalue weighted by Gasteiger charge is 2.20. The number of hydrogen-bond donors (Lipinski definition) is 0. The van der Waals surface area contributed by atoms with E-state index in [2.05, 4.69) is 10.2 Å². The molecule has 26 heavy (non-hydrogen) atoms. The summed E-state index contributed by atoms with van der Waals surface area (Å²) in [5.74, 6) is -0.516. The first-order valence-corrected chi connectivity index (χ1v) is 8.74. The van der Waals surface area contributed by atoms with Crippen LogP contribution >= 0.6 is 22.9 Å². The number of hydrogen-bond acceptors (Lipinski definition) is 6. The van der Waals surface area contributed by atoms with Crippen molar-refractivity contribution < 1.29 is 18.3 Å². The van der Waals surface area contributed by atoms with Gasteiger partial charge in [-0.05, 0) is 30.3 Å². The molecule has 2 heterocycles. The summed E-state index contributed by atoms with van der Waals surface area (Å²) in [6, 6.07) is 13.4. The fourth-order valence-corrected chi connectivity index (χ4v) is 3.80. The molecule has 0 spiro atoms. The molecule has 5 nitrogen and oxygen atoms in total. The number of esters is 1. The van der Waals surface area contributed by atoms with Crippen LogP contribution in [0.2, 0.25) is 5.02 Å². The van der Waals surface area contributed by atoms with E-state index in [0.717, 1.165) is 16.9 Å². The molecule has 2 aromatic carbocycles. The lowest BCUT2D eigenvalue weighted by Gasteiger charge is -2.00. The number of carbonyl (C=O) groups is 1. The van der Waals surface area contributed by atoms with Crippen molar-refractivity contribution in [1.82, 2.24) is 10.2 Å². The number of aromatic nitrogens is 2. The Labute approximate surface area is 156 Å². The number of halogens is 2. The summed E-state index contributed by atoms with van der Waals surface area (Å²) < 4.78 is 24.6. The van der Waals surface area contributed by atoms with E-state index in [-0.39, 0.29) is 22.4 Å². The lowest BCUT2D eigenvalue weighted by molar-refractivity contribution is 0.0445. The minimum atomic E-state index is -0.629. The maximum absolute atomic E-state index is 13.3. The number of ether oxygens (including phenoxy) is 1. The lowest BCUT2D eigenvalue weighted by atomic mass is 10.2. The molecule has 0 radical (unpaired) electrons. The van der Waals surface area contributed by atoms with Crippen LogP contribution < -0.4 is 0 Å². The molecule has 0 fully saturated rings. The van der Waals surface area contributed by atoms with E-state index in [0.29, 0.717) is 16.0 Å². The van der Waals surface area contributed by atoms with Crippen molar-refractivity contribution >= 4 is 39.0 Å². The van der Waals surface area contributed by atoms with Crippen molar-refractivity contribution in [3.05, 3.63) is 70.1 Å². The zero-order valence-corrected chi connectivity index (χ0v) is 14.7. The largest absolute Gasteiger partial charge is 0.451 e. The molecule has 0 N–H and O–H groups in total. The summed E-state index contributed by atoms with van der Waals surface area (Å²) in [6.07, 6.45) is 0. The maximum atomic E-state index is 13.3. The predicted octanol–water partition coefficient (Wildman–Crippen LogP) is 5.10. The van der Waals surface area contributed by atoms with Gasteiger partial charge in [-0.2, -0.15) is 0 Å². The minimum Gasteiger partial charge on any atom is -0.451 e. The van der Waals surface area contributed by atoms with Crippen molar-refractivity contribution in [2.24, 2.45) is 0 Å².